The fraction of sp³-hybridized carbons (Fsp3) is 0.558. The van der Waals surface area contributed by atoms with Crippen LogP contribution in [0.1, 0.15) is 83.3 Å². The van der Waals surface area contributed by atoms with Gasteiger partial charge < -0.3 is 73.8 Å². The van der Waals surface area contributed by atoms with Crippen LogP contribution in [0.3, 0.4) is 0 Å². The highest BCUT2D eigenvalue weighted by molar-refractivity contribution is 7.80. The quantitative estimate of drug-likeness (QED) is 0.0361. The number of likely N-dealkylation sites (tertiary alicyclic amines) is 2. The molecule has 2 heterocycles. The van der Waals surface area contributed by atoms with E-state index in [4.69, 9.17) is 11.5 Å². The number of β-amino-alcohol motifs (C(OH)–C–C–N with tert-alkyl or cyclic N) is 1. The van der Waals surface area contributed by atoms with Crippen molar-refractivity contribution >= 4 is 90.3 Å². The number of hydrogen-bond donors (Lipinski definition) is 14. The van der Waals surface area contributed by atoms with Crippen LogP contribution in [0.2, 0.25) is 0 Å². The molecule has 14 N–H and O–H groups in total. The number of thiol groups is 2. The Balaban J connectivity index is 1.61. The number of hydrogen-bond acceptors (Lipinski definition) is 16. The number of amides is 10. The molecule has 2 aromatic carbocycles. The summed E-state index contributed by atoms with van der Waals surface area (Å²) < 4.78 is 0. The highest BCUT2D eigenvalue weighted by Gasteiger charge is 2.47. The molecule has 0 unspecified atom stereocenters. The van der Waals surface area contributed by atoms with Gasteiger partial charge in [0.1, 0.15) is 54.1 Å². The van der Waals surface area contributed by atoms with Gasteiger partial charge in [0.25, 0.3) is 0 Å². The van der Waals surface area contributed by atoms with Crippen LogP contribution in [0.5, 0.6) is 5.75 Å². The van der Waals surface area contributed by atoms with Crippen molar-refractivity contribution in [3.8, 4) is 5.75 Å². The van der Waals surface area contributed by atoms with Crippen LogP contribution < -0.4 is 48.7 Å². The standard InChI is InChI=1S/C52H75N11O14S2/c1-4-10-34(45(69)60-38(27-79)52(76)77)57-49(73)43(28(3)5-2)61-48(72)40-23-32(65)25-63(40)51(75)39-13-9-20-62(39)50(74)37(22-29-11-7-6-8-12-29)59-47(71)36(21-30-14-16-31(64)17-15-30)58-46(70)35(18-19-41(54)66)56-42(67)24-55-44(68)33(53)26-78/h6-8,11-12,14-17,28,32-40,43,64-65,78-79H,4-5,9-10,13,18-27,53H2,1-3H3,(H2,54,66)(H,55,68)(H,56,67)(H,57,73)(H,58,70)(H,59,71)(H,60,69)(H,61,72)(H,76,77)/t28-,32+,33-,34-,35-,36-,37-,38-,39-,40-,43-/m0/s1. The second kappa shape index (κ2) is 31.6. The topological polar surface area (TPSA) is 391 Å². The average Bonchev–Trinajstić information content (AvgIpc) is 4.09. The molecule has 4 rings (SSSR count). The highest BCUT2D eigenvalue weighted by atomic mass is 32.1. The molecule has 11 atom stereocenters. The normalized spacial score (nSPS) is 18.9. The predicted octanol–water partition coefficient (Wildman–Crippen LogP) is -2.46. The third kappa shape index (κ3) is 19.4. The lowest BCUT2D eigenvalue weighted by atomic mass is 9.97. The average molecular weight is 1140 g/mol. The number of phenols is 1. The monoisotopic (exact) mass is 1140 g/mol. The van der Waals surface area contributed by atoms with Gasteiger partial charge in [-0.25, -0.2) is 4.79 Å². The Hall–Kier alpha value is -6.97. The molecule has 10 amide bonds. The van der Waals surface area contributed by atoms with E-state index < -0.39 is 138 Å². The zero-order chi connectivity index (χ0) is 58.5. The van der Waals surface area contributed by atoms with Crippen molar-refractivity contribution in [1.82, 2.24) is 47.0 Å². The molecule has 2 fully saturated rings. The van der Waals surface area contributed by atoms with Gasteiger partial charge in [-0.05, 0) is 54.9 Å². The van der Waals surface area contributed by atoms with Crippen molar-refractivity contribution in [3.63, 3.8) is 0 Å². The first-order valence-electron chi connectivity index (χ1n) is 26.2. The Labute approximate surface area is 469 Å². The summed E-state index contributed by atoms with van der Waals surface area (Å²) in [7, 11) is 0. The van der Waals surface area contributed by atoms with Crippen molar-refractivity contribution in [3.05, 3.63) is 65.7 Å². The molecule has 27 heteroatoms. The molecular weight excluding hydrogens is 1070 g/mol. The van der Waals surface area contributed by atoms with Crippen LogP contribution in [0, 0.1) is 5.92 Å². The number of aromatic hydroxyl groups is 1. The number of nitrogens with one attached hydrogen (secondary N) is 7. The summed E-state index contributed by atoms with van der Waals surface area (Å²) in [5.74, 6) is -9.97. The lowest BCUT2D eigenvalue weighted by Crippen LogP contribution is -2.61. The maximum absolute atomic E-state index is 15.0. The van der Waals surface area contributed by atoms with E-state index >= 15 is 0 Å². The van der Waals surface area contributed by atoms with E-state index in [1.807, 2.05) is 0 Å². The number of phenolic OH excluding ortho intramolecular Hbond substituents is 1. The molecular formula is C52H75N11O14S2. The third-order valence-electron chi connectivity index (χ3n) is 13.7. The molecule has 2 aromatic rings. The van der Waals surface area contributed by atoms with E-state index in [2.05, 4.69) is 62.5 Å². The number of nitrogens with zero attached hydrogens (tertiary/aromatic N) is 2. The predicted molar refractivity (Wildman–Crippen MR) is 294 cm³/mol. The fourth-order valence-electron chi connectivity index (χ4n) is 9.07. The molecule has 0 saturated carbocycles. The van der Waals surface area contributed by atoms with Gasteiger partial charge in [0.2, 0.25) is 59.1 Å². The maximum atomic E-state index is 15.0. The SMILES string of the molecule is CCC[C@H](NC(=O)[C@@H](NC(=O)[C@@H]1C[C@@H](O)CN1C(=O)[C@@H]1CCCN1C(=O)[C@H](Cc1ccccc1)NC(=O)[C@H](Cc1ccc(O)cc1)NC(=O)[C@H](CCC(N)=O)NC(=O)CNC(=O)[C@@H](N)CS)[C@@H](C)CC)C(=O)N[C@@H](CS)C(=O)O. The number of carboxylic acids is 1. The molecule has 434 valence electrons. The molecule has 25 nitrogen and oxygen atoms in total. The van der Waals surface area contributed by atoms with Gasteiger partial charge in [0.15, 0.2) is 0 Å². The van der Waals surface area contributed by atoms with Gasteiger partial charge in [0.05, 0.1) is 18.7 Å². The number of carbonyl (C=O) groups is 11. The fourth-order valence-corrected chi connectivity index (χ4v) is 9.48. The van der Waals surface area contributed by atoms with E-state index in [-0.39, 0.29) is 75.3 Å². The van der Waals surface area contributed by atoms with Gasteiger partial charge in [-0.2, -0.15) is 25.3 Å². The van der Waals surface area contributed by atoms with Crippen molar-refractivity contribution in [1.29, 1.82) is 0 Å². The minimum Gasteiger partial charge on any atom is -0.508 e. The van der Waals surface area contributed by atoms with Gasteiger partial charge in [-0.1, -0.05) is 76.1 Å². The Morgan fingerprint density at radius 1 is 0.696 bits per heavy atom. The zero-order valence-corrected chi connectivity index (χ0v) is 46.2. The summed E-state index contributed by atoms with van der Waals surface area (Å²) in [6.07, 6.45) is -0.999. The van der Waals surface area contributed by atoms with E-state index in [1.165, 1.54) is 29.2 Å². The molecule has 2 aliphatic rings. The van der Waals surface area contributed by atoms with Crippen LogP contribution in [0.25, 0.3) is 0 Å². The first-order chi connectivity index (χ1) is 37.5. The number of nitrogens with two attached hydrogens (primary N) is 2. The Bertz CT molecular complexity index is 2480. The molecule has 79 heavy (non-hydrogen) atoms. The summed E-state index contributed by atoms with van der Waals surface area (Å²) in [6, 6.07) is 2.74. The minimum absolute atomic E-state index is 0.0186. The first kappa shape index (κ1) is 64.6. The van der Waals surface area contributed by atoms with Gasteiger partial charge in [-0.3, -0.25) is 47.9 Å². The largest absolute Gasteiger partial charge is 0.508 e. The summed E-state index contributed by atoms with van der Waals surface area (Å²) >= 11 is 7.96. The first-order valence-corrected chi connectivity index (χ1v) is 27.5. The Morgan fingerprint density at radius 2 is 1.28 bits per heavy atom. The second-order valence-corrected chi connectivity index (χ2v) is 20.4. The minimum atomic E-state index is -1.48. The van der Waals surface area contributed by atoms with Crippen LogP contribution in [-0.2, 0) is 65.6 Å². The number of aliphatic hydroxyl groups excluding tert-OH is 1. The molecule has 0 spiro atoms. The van der Waals surface area contributed by atoms with Crippen molar-refractivity contribution in [2.45, 2.75) is 145 Å². The lowest BCUT2D eigenvalue weighted by molar-refractivity contribution is -0.148. The molecule has 2 saturated heterocycles. The smallest absolute Gasteiger partial charge is 0.327 e. The van der Waals surface area contributed by atoms with E-state index in [1.54, 1.807) is 51.1 Å². The Morgan fingerprint density at radius 3 is 1.87 bits per heavy atom. The van der Waals surface area contributed by atoms with Crippen LogP contribution >= 0.6 is 25.3 Å². The number of carbonyl (C=O) groups excluding carboxylic acids is 10. The zero-order valence-electron chi connectivity index (χ0n) is 44.4. The van der Waals surface area contributed by atoms with E-state index in [9.17, 15) is 68.1 Å². The number of rotatable bonds is 30. The number of carboxylic acid groups (broad SMARTS) is 1. The van der Waals surface area contributed by atoms with E-state index in [0.29, 0.717) is 30.4 Å². The molecule has 0 aromatic heterocycles. The summed E-state index contributed by atoms with van der Waals surface area (Å²) in [4.78, 5) is 151. The molecule has 0 bridgehead atoms. The van der Waals surface area contributed by atoms with Gasteiger partial charge >= 0.3 is 5.97 Å². The van der Waals surface area contributed by atoms with Crippen LogP contribution in [0.4, 0.5) is 0 Å². The molecule has 2 aliphatic heterocycles. The second-order valence-electron chi connectivity index (χ2n) is 19.7. The molecule has 0 aliphatic carbocycles. The third-order valence-corrected chi connectivity index (χ3v) is 14.4. The summed E-state index contributed by atoms with van der Waals surface area (Å²) in [6.45, 7) is 4.38. The Kier molecular flexibility index (Phi) is 25.8. The maximum Gasteiger partial charge on any atom is 0.327 e. The van der Waals surface area contributed by atoms with Crippen molar-refractivity contribution in [2.24, 2.45) is 17.4 Å². The van der Waals surface area contributed by atoms with Crippen LogP contribution in [-0.4, -0.2) is 182 Å². The lowest BCUT2D eigenvalue weighted by Gasteiger charge is -2.34. The van der Waals surface area contributed by atoms with Crippen LogP contribution in [0.15, 0.2) is 54.6 Å². The van der Waals surface area contributed by atoms with Crippen molar-refractivity contribution in [2.75, 3.05) is 31.1 Å². The van der Waals surface area contributed by atoms with Gasteiger partial charge in [-0.15, -0.1) is 0 Å². The summed E-state index contributed by atoms with van der Waals surface area (Å²) in [5, 5.41) is 48.3. The van der Waals surface area contributed by atoms with E-state index in [0.717, 1.165) is 4.90 Å². The summed E-state index contributed by atoms with van der Waals surface area (Å²) in [5.41, 5.74) is 12.1. The number of benzene rings is 2. The number of aliphatic hydroxyl groups is 1. The number of aliphatic carboxylic acids is 1. The number of primary amides is 1. The van der Waals surface area contributed by atoms with Crippen molar-refractivity contribution < 1.29 is 68.1 Å². The molecule has 0 radical (unpaired) electrons. The highest BCUT2D eigenvalue weighted by Crippen LogP contribution is 2.27. The van der Waals surface area contributed by atoms with Gasteiger partial charge in [0, 0.05) is 50.3 Å².